The van der Waals surface area contributed by atoms with Crippen LogP contribution in [0.4, 0.5) is 0 Å². The number of nitrogens with zero attached hydrogens (tertiary/aromatic N) is 3. The van der Waals surface area contributed by atoms with Gasteiger partial charge in [0.25, 0.3) is 0 Å². The van der Waals surface area contributed by atoms with E-state index in [0.717, 1.165) is 81.6 Å². The van der Waals surface area contributed by atoms with Gasteiger partial charge in [0.2, 0.25) is 0 Å². The molecule has 1 fully saturated rings. The number of allylic oxidation sites excluding steroid dienone is 5. The molecule has 6 heteroatoms. The van der Waals surface area contributed by atoms with Crippen LogP contribution in [0.15, 0.2) is 65.9 Å². The van der Waals surface area contributed by atoms with E-state index in [1.54, 1.807) is 0 Å². The minimum atomic E-state index is -0.746. The van der Waals surface area contributed by atoms with Crippen LogP contribution in [0.25, 0.3) is 5.69 Å². The lowest BCUT2D eigenvalue weighted by atomic mass is 9.94. The highest BCUT2D eigenvalue weighted by molar-refractivity contribution is 5.68. The number of nitrogens with one attached hydrogen (secondary N) is 1. The lowest BCUT2D eigenvalue weighted by Gasteiger charge is -2.24. The zero-order valence-electron chi connectivity index (χ0n) is 24.1. The molecule has 1 aromatic heterocycles. The van der Waals surface area contributed by atoms with Crippen LogP contribution in [-0.2, 0) is 17.6 Å². The summed E-state index contributed by atoms with van der Waals surface area (Å²) in [6.45, 7) is 14.6. The molecule has 2 aromatic rings. The Balaban J connectivity index is 1.36. The molecule has 6 nitrogen and oxygen atoms in total. The van der Waals surface area contributed by atoms with Crippen LogP contribution in [0.3, 0.4) is 0 Å². The van der Waals surface area contributed by atoms with Crippen molar-refractivity contribution in [2.75, 3.05) is 26.2 Å². The molecule has 0 saturated carbocycles. The molecule has 2 aliphatic rings. The fraction of sp³-hybridized carbons (Fsp3) is 0.515. The number of hydrogen-bond donors (Lipinski definition) is 2. The first kappa shape index (κ1) is 28.9. The fourth-order valence-corrected chi connectivity index (χ4v) is 5.91. The molecule has 0 spiro atoms. The fourth-order valence-electron chi connectivity index (χ4n) is 5.91. The van der Waals surface area contributed by atoms with Crippen molar-refractivity contribution in [3.8, 4) is 5.69 Å². The maximum absolute atomic E-state index is 11.8. The van der Waals surface area contributed by atoms with Gasteiger partial charge in [-0.3, -0.25) is 4.79 Å². The topological polar surface area (TPSA) is 70.4 Å². The number of aliphatic carboxylic acids is 1. The number of likely N-dealkylation sites (tertiary alicyclic amines) is 1. The van der Waals surface area contributed by atoms with Gasteiger partial charge in [0.1, 0.15) is 0 Å². The van der Waals surface area contributed by atoms with Crippen molar-refractivity contribution in [1.29, 1.82) is 0 Å². The van der Waals surface area contributed by atoms with Crippen LogP contribution in [0.5, 0.6) is 0 Å². The van der Waals surface area contributed by atoms with E-state index in [0.29, 0.717) is 5.92 Å². The largest absolute Gasteiger partial charge is 0.481 e. The lowest BCUT2D eigenvalue weighted by Crippen LogP contribution is -2.28. The third kappa shape index (κ3) is 7.95. The SMILES string of the molecule is C=C(/C=C\C1=C(C)NCCC1)CCC1CCN(CC(CC(=O)O)c2cccc(-n3nc(CC)cc3CC)c2)C1. The predicted molar refractivity (Wildman–Crippen MR) is 159 cm³/mol. The number of aromatic nitrogens is 2. The molecule has 2 unspecified atom stereocenters. The molecule has 2 aliphatic heterocycles. The van der Waals surface area contributed by atoms with Crippen LogP contribution in [-0.4, -0.2) is 51.9 Å². The standard InChI is InChI=1S/C33H46N4O2/c1-5-30-21-31(6-2)37(35-30)32-11-7-9-28(19-32)29(20-33(38)39)23-36-18-16-26(22-36)14-12-24(3)13-15-27-10-8-17-34-25(27)4/h7,9,11,13,15,19,21,26,29,34H,3,5-6,8,10,12,14,16-18,20,22-23H2,1-2,4H3,(H,38,39)/b15-13-. The summed E-state index contributed by atoms with van der Waals surface area (Å²) in [4.78, 5) is 14.3. The highest BCUT2D eigenvalue weighted by Gasteiger charge is 2.26. The van der Waals surface area contributed by atoms with Gasteiger partial charge in [0.05, 0.1) is 17.8 Å². The molecule has 3 heterocycles. The Morgan fingerprint density at radius 3 is 2.87 bits per heavy atom. The molecule has 0 radical (unpaired) electrons. The number of carboxylic acids is 1. The highest BCUT2D eigenvalue weighted by atomic mass is 16.4. The quantitative estimate of drug-likeness (QED) is 0.292. The Labute approximate surface area is 234 Å². The minimum Gasteiger partial charge on any atom is -0.481 e. The molecule has 39 heavy (non-hydrogen) atoms. The summed E-state index contributed by atoms with van der Waals surface area (Å²) >= 11 is 0. The molecule has 210 valence electrons. The van der Waals surface area contributed by atoms with Gasteiger partial charge in [-0.15, -0.1) is 0 Å². The van der Waals surface area contributed by atoms with E-state index in [-0.39, 0.29) is 12.3 Å². The Morgan fingerprint density at radius 1 is 1.28 bits per heavy atom. The Morgan fingerprint density at radius 2 is 2.13 bits per heavy atom. The molecule has 0 aliphatic carbocycles. The zero-order valence-corrected chi connectivity index (χ0v) is 24.1. The zero-order chi connectivity index (χ0) is 27.8. The van der Waals surface area contributed by atoms with Crippen molar-refractivity contribution in [3.05, 3.63) is 82.9 Å². The van der Waals surface area contributed by atoms with Crippen LogP contribution >= 0.6 is 0 Å². The minimum absolute atomic E-state index is 0.0500. The summed E-state index contributed by atoms with van der Waals surface area (Å²) in [5.41, 5.74) is 8.23. The highest BCUT2D eigenvalue weighted by Crippen LogP contribution is 2.29. The first-order valence-corrected chi connectivity index (χ1v) is 14.8. The number of aryl methyl sites for hydroxylation is 2. The van der Waals surface area contributed by atoms with E-state index in [1.807, 2.05) is 10.7 Å². The second-order valence-corrected chi connectivity index (χ2v) is 11.3. The molecular weight excluding hydrogens is 484 g/mol. The van der Waals surface area contributed by atoms with E-state index in [9.17, 15) is 9.90 Å². The van der Waals surface area contributed by atoms with Crippen LogP contribution in [0, 0.1) is 5.92 Å². The third-order valence-corrected chi connectivity index (χ3v) is 8.30. The average molecular weight is 531 g/mol. The summed E-state index contributed by atoms with van der Waals surface area (Å²) in [5, 5.41) is 18.0. The number of benzene rings is 1. The first-order valence-electron chi connectivity index (χ1n) is 14.8. The summed E-state index contributed by atoms with van der Waals surface area (Å²) in [5.74, 6) is -0.164. The van der Waals surface area contributed by atoms with Crippen molar-refractivity contribution in [1.82, 2.24) is 20.0 Å². The second-order valence-electron chi connectivity index (χ2n) is 11.3. The molecule has 2 N–H and O–H groups in total. The Hall–Kier alpha value is -3.12. The normalized spacial score (nSPS) is 19.0. The predicted octanol–water partition coefficient (Wildman–Crippen LogP) is 6.43. The summed E-state index contributed by atoms with van der Waals surface area (Å²) < 4.78 is 2.02. The van der Waals surface area contributed by atoms with Crippen LogP contribution in [0.2, 0.25) is 0 Å². The van der Waals surface area contributed by atoms with E-state index in [4.69, 9.17) is 5.10 Å². The van der Waals surface area contributed by atoms with E-state index in [1.165, 1.54) is 29.0 Å². The maximum atomic E-state index is 11.8. The van der Waals surface area contributed by atoms with Crippen LogP contribution in [0.1, 0.15) is 82.2 Å². The van der Waals surface area contributed by atoms with Crippen molar-refractivity contribution in [2.24, 2.45) is 5.92 Å². The van der Waals surface area contributed by atoms with Gasteiger partial charge in [-0.05, 0) is 93.7 Å². The van der Waals surface area contributed by atoms with Gasteiger partial charge >= 0.3 is 5.97 Å². The number of hydrogen-bond acceptors (Lipinski definition) is 4. The van der Waals surface area contributed by atoms with Gasteiger partial charge < -0.3 is 15.3 Å². The van der Waals surface area contributed by atoms with Gasteiger partial charge in [-0.2, -0.15) is 5.10 Å². The van der Waals surface area contributed by atoms with Crippen molar-refractivity contribution in [3.63, 3.8) is 0 Å². The van der Waals surface area contributed by atoms with Gasteiger partial charge in [-0.25, -0.2) is 4.68 Å². The van der Waals surface area contributed by atoms with Gasteiger partial charge in [-0.1, -0.05) is 50.3 Å². The smallest absolute Gasteiger partial charge is 0.304 e. The van der Waals surface area contributed by atoms with Gasteiger partial charge in [0, 0.05) is 36.9 Å². The van der Waals surface area contributed by atoms with E-state index >= 15 is 0 Å². The van der Waals surface area contributed by atoms with E-state index < -0.39 is 5.97 Å². The molecular formula is C33H46N4O2. The maximum Gasteiger partial charge on any atom is 0.304 e. The molecule has 1 saturated heterocycles. The molecule has 0 amide bonds. The van der Waals surface area contributed by atoms with E-state index in [2.05, 4.69) is 74.0 Å². The molecule has 2 atom stereocenters. The van der Waals surface area contributed by atoms with Crippen molar-refractivity contribution < 1.29 is 9.90 Å². The summed E-state index contributed by atoms with van der Waals surface area (Å²) in [6, 6.07) is 10.5. The first-order chi connectivity index (χ1) is 18.9. The number of carbonyl (C=O) groups is 1. The number of carboxylic acid groups (broad SMARTS) is 1. The molecule has 4 rings (SSSR count). The monoisotopic (exact) mass is 530 g/mol. The number of rotatable bonds is 13. The Kier molecular flexibility index (Phi) is 10.2. The molecule has 1 aromatic carbocycles. The third-order valence-electron chi connectivity index (χ3n) is 8.30. The average Bonchev–Trinajstić information content (AvgIpc) is 3.57. The van der Waals surface area contributed by atoms with Crippen molar-refractivity contribution in [2.45, 2.75) is 78.1 Å². The second kappa shape index (κ2) is 13.8. The summed E-state index contributed by atoms with van der Waals surface area (Å²) in [6.07, 6.45) is 12.0. The molecule has 0 bridgehead atoms. The Bertz CT molecular complexity index is 1210. The van der Waals surface area contributed by atoms with Gasteiger partial charge in [0.15, 0.2) is 0 Å². The summed E-state index contributed by atoms with van der Waals surface area (Å²) in [7, 11) is 0. The van der Waals surface area contributed by atoms with Crippen LogP contribution < -0.4 is 5.32 Å². The lowest BCUT2D eigenvalue weighted by molar-refractivity contribution is -0.137. The van der Waals surface area contributed by atoms with Crippen molar-refractivity contribution >= 4 is 5.97 Å².